The Bertz CT molecular complexity index is 506. The van der Waals surface area contributed by atoms with Gasteiger partial charge in [-0.1, -0.05) is 13.8 Å². The van der Waals surface area contributed by atoms with E-state index in [1.165, 1.54) is 7.11 Å². The molecule has 0 spiro atoms. The van der Waals surface area contributed by atoms with Crippen molar-refractivity contribution in [2.45, 2.75) is 19.9 Å². The van der Waals surface area contributed by atoms with Gasteiger partial charge in [0.15, 0.2) is 0 Å². The van der Waals surface area contributed by atoms with E-state index in [2.05, 4.69) is 25.3 Å². The lowest BCUT2D eigenvalue weighted by atomic mass is 10.0. The molecule has 0 aromatic carbocycles. The summed E-state index contributed by atoms with van der Waals surface area (Å²) in [5.74, 6) is -0.460. The number of nitrogens with zero attached hydrogens (tertiary/aromatic N) is 3. The van der Waals surface area contributed by atoms with Crippen LogP contribution < -0.4 is 10.6 Å². The highest BCUT2D eigenvalue weighted by molar-refractivity contribution is 5.80. The Kier molecular flexibility index (Phi) is 5.18. The van der Waals surface area contributed by atoms with Crippen LogP contribution in [0.4, 0.5) is 17.5 Å². The number of aromatic nitrogens is 2. The molecule has 110 valence electrons. The molecular formula is C11H17N5O4. The van der Waals surface area contributed by atoms with Crippen LogP contribution in [0.1, 0.15) is 13.8 Å². The van der Waals surface area contributed by atoms with E-state index in [1.807, 2.05) is 0 Å². The molecule has 0 aliphatic rings. The maximum Gasteiger partial charge on any atom is 0.329 e. The third-order valence-electron chi connectivity index (χ3n) is 2.60. The van der Waals surface area contributed by atoms with Gasteiger partial charge in [0.1, 0.15) is 12.2 Å². The van der Waals surface area contributed by atoms with Crippen LogP contribution in [-0.2, 0) is 9.53 Å². The van der Waals surface area contributed by atoms with E-state index in [4.69, 9.17) is 0 Å². The van der Waals surface area contributed by atoms with E-state index in [0.29, 0.717) is 0 Å². The van der Waals surface area contributed by atoms with E-state index in [9.17, 15) is 14.9 Å². The third kappa shape index (κ3) is 3.53. The normalized spacial score (nSPS) is 11.8. The molecule has 9 nitrogen and oxygen atoms in total. The van der Waals surface area contributed by atoms with Crippen LogP contribution in [0.5, 0.6) is 0 Å². The molecule has 0 radical (unpaired) electrons. The van der Waals surface area contributed by atoms with Gasteiger partial charge in [0.2, 0.25) is 11.8 Å². The Morgan fingerprint density at radius 3 is 2.60 bits per heavy atom. The average molecular weight is 283 g/mol. The lowest BCUT2D eigenvalue weighted by molar-refractivity contribution is -0.384. The van der Waals surface area contributed by atoms with Crippen molar-refractivity contribution in [3.8, 4) is 0 Å². The summed E-state index contributed by atoms with van der Waals surface area (Å²) in [5, 5.41) is 16.4. The maximum absolute atomic E-state index is 11.7. The quantitative estimate of drug-likeness (QED) is 0.451. The van der Waals surface area contributed by atoms with E-state index < -0.39 is 16.9 Å². The number of nitro groups is 1. The van der Waals surface area contributed by atoms with Crippen molar-refractivity contribution in [2.24, 2.45) is 5.92 Å². The summed E-state index contributed by atoms with van der Waals surface area (Å²) < 4.78 is 4.67. The van der Waals surface area contributed by atoms with Crippen LogP contribution in [0.3, 0.4) is 0 Å². The first-order valence-electron chi connectivity index (χ1n) is 5.94. The van der Waals surface area contributed by atoms with Gasteiger partial charge in [-0.25, -0.2) is 9.78 Å². The zero-order chi connectivity index (χ0) is 15.3. The fourth-order valence-corrected chi connectivity index (χ4v) is 1.51. The van der Waals surface area contributed by atoms with E-state index in [1.54, 1.807) is 20.9 Å². The Labute approximate surface area is 115 Å². The number of carbonyl (C=O) groups excluding carboxylic acids is 1. The molecule has 1 unspecified atom stereocenters. The second-order valence-electron chi connectivity index (χ2n) is 4.32. The van der Waals surface area contributed by atoms with E-state index >= 15 is 0 Å². The van der Waals surface area contributed by atoms with Gasteiger partial charge in [-0.2, -0.15) is 4.98 Å². The molecule has 0 saturated carbocycles. The van der Waals surface area contributed by atoms with Gasteiger partial charge in [0, 0.05) is 7.05 Å². The van der Waals surface area contributed by atoms with E-state index in [0.717, 1.165) is 6.20 Å². The molecule has 0 aliphatic carbocycles. The summed E-state index contributed by atoms with van der Waals surface area (Å²) in [6, 6.07) is -0.738. The summed E-state index contributed by atoms with van der Waals surface area (Å²) in [5.41, 5.74) is -0.307. The van der Waals surface area contributed by atoms with Crippen molar-refractivity contribution in [1.29, 1.82) is 0 Å². The molecule has 0 bridgehead atoms. The van der Waals surface area contributed by atoms with Crippen LogP contribution in [-0.4, -0.2) is 41.1 Å². The number of carbonyl (C=O) groups is 1. The van der Waals surface area contributed by atoms with Crippen molar-refractivity contribution in [3.05, 3.63) is 16.3 Å². The predicted molar refractivity (Wildman–Crippen MR) is 72.5 cm³/mol. The zero-order valence-electron chi connectivity index (χ0n) is 11.7. The lowest BCUT2D eigenvalue weighted by Crippen LogP contribution is -2.36. The fraction of sp³-hybridized carbons (Fsp3) is 0.545. The number of ether oxygens (including phenoxy) is 1. The summed E-state index contributed by atoms with van der Waals surface area (Å²) >= 11 is 0. The molecular weight excluding hydrogens is 266 g/mol. The van der Waals surface area contributed by atoms with Crippen LogP contribution in [0, 0.1) is 16.0 Å². The second-order valence-corrected chi connectivity index (χ2v) is 4.32. The number of hydrogen-bond donors (Lipinski definition) is 2. The molecule has 9 heteroatoms. The van der Waals surface area contributed by atoms with Crippen molar-refractivity contribution in [2.75, 3.05) is 24.8 Å². The van der Waals surface area contributed by atoms with Crippen molar-refractivity contribution in [3.63, 3.8) is 0 Å². The van der Waals surface area contributed by atoms with Crippen molar-refractivity contribution in [1.82, 2.24) is 9.97 Å². The number of anilines is 2. The van der Waals surface area contributed by atoms with Gasteiger partial charge in [-0.15, -0.1) is 0 Å². The monoisotopic (exact) mass is 283 g/mol. The van der Waals surface area contributed by atoms with Crippen LogP contribution in [0.25, 0.3) is 0 Å². The average Bonchev–Trinajstić information content (AvgIpc) is 2.42. The maximum atomic E-state index is 11.7. The highest BCUT2D eigenvalue weighted by atomic mass is 16.6. The van der Waals surface area contributed by atoms with Crippen molar-refractivity contribution < 1.29 is 14.5 Å². The number of methoxy groups -OCH3 is 1. The molecule has 1 rings (SSSR count). The van der Waals surface area contributed by atoms with Crippen LogP contribution in [0.15, 0.2) is 6.20 Å². The first-order chi connectivity index (χ1) is 9.40. The highest BCUT2D eigenvalue weighted by Gasteiger charge is 2.27. The molecule has 0 amide bonds. The van der Waals surface area contributed by atoms with Gasteiger partial charge in [0.25, 0.3) is 0 Å². The van der Waals surface area contributed by atoms with Crippen molar-refractivity contribution >= 4 is 23.4 Å². The Balaban J connectivity index is 3.15. The number of hydrogen-bond acceptors (Lipinski definition) is 8. The zero-order valence-corrected chi connectivity index (χ0v) is 11.7. The van der Waals surface area contributed by atoms with Gasteiger partial charge in [0.05, 0.1) is 12.0 Å². The molecule has 1 aromatic rings. The Morgan fingerprint density at radius 1 is 1.50 bits per heavy atom. The first-order valence-corrected chi connectivity index (χ1v) is 5.94. The molecule has 20 heavy (non-hydrogen) atoms. The number of nitrogens with one attached hydrogen (secondary N) is 2. The standard InChI is InChI=1S/C11H17N5O4/c1-6(2)8(10(17)20-4)14-9-7(16(18)19)5-13-11(12-3)15-9/h5-6,8H,1-4H3,(H2,12,13,14,15). The van der Waals surface area contributed by atoms with Gasteiger partial charge >= 0.3 is 11.7 Å². The largest absolute Gasteiger partial charge is 0.467 e. The fourth-order valence-electron chi connectivity index (χ4n) is 1.51. The Morgan fingerprint density at radius 2 is 2.15 bits per heavy atom. The van der Waals surface area contributed by atoms with Crippen LogP contribution >= 0.6 is 0 Å². The minimum absolute atomic E-state index is 0.0292. The summed E-state index contributed by atoms with van der Waals surface area (Å²) in [6.07, 6.45) is 1.08. The summed E-state index contributed by atoms with van der Waals surface area (Å²) in [7, 11) is 2.85. The lowest BCUT2D eigenvalue weighted by Gasteiger charge is -2.20. The number of esters is 1. The molecule has 0 fully saturated rings. The molecule has 2 N–H and O–H groups in total. The van der Waals surface area contributed by atoms with Gasteiger partial charge < -0.3 is 15.4 Å². The van der Waals surface area contributed by atoms with Crippen LogP contribution in [0.2, 0.25) is 0 Å². The molecule has 1 atom stereocenters. The summed E-state index contributed by atoms with van der Waals surface area (Å²) in [6.45, 7) is 3.58. The molecule has 1 heterocycles. The molecule has 0 saturated heterocycles. The van der Waals surface area contributed by atoms with E-state index in [-0.39, 0.29) is 23.4 Å². The van der Waals surface area contributed by atoms with Gasteiger partial charge in [-0.05, 0) is 5.92 Å². The summed E-state index contributed by atoms with van der Waals surface area (Å²) in [4.78, 5) is 29.8. The molecule has 1 aromatic heterocycles. The predicted octanol–water partition coefficient (Wildman–Crippen LogP) is 1.04. The van der Waals surface area contributed by atoms with Gasteiger partial charge in [-0.3, -0.25) is 10.1 Å². The first kappa shape index (κ1) is 15.6. The smallest absolute Gasteiger partial charge is 0.329 e. The minimum Gasteiger partial charge on any atom is -0.467 e. The minimum atomic E-state index is -0.738. The molecule has 0 aliphatic heterocycles. The second kappa shape index (κ2) is 6.64. The Hall–Kier alpha value is -2.45. The SMILES string of the molecule is CNc1ncc([N+](=O)[O-])c(NC(C(=O)OC)C(C)C)n1. The topological polar surface area (TPSA) is 119 Å². The third-order valence-corrected chi connectivity index (χ3v) is 2.60. The highest BCUT2D eigenvalue weighted by Crippen LogP contribution is 2.24. The number of rotatable bonds is 6.